The van der Waals surface area contributed by atoms with Gasteiger partial charge in [0.15, 0.2) is 11.6 Å². The Morgan fingerprint density at radius 2 is 2.00 bits per heavy atom. The van der Waals surface area contributed by atoms with Gasteiger partial charge in [0.05, 0.1) is 77.9 Å². The van der Waals surface area contributed by atoms with E-state index in [0.29, 0.717) is 55.5 Å². The number of rotatable bonds is 11. The van der Waals surface area contributed by atoms with E-state index in [0.717, 1.165) is 49.3 Å². The first-order chi connectivity index (χ1) is 28.4. The molecular formula is C44H54F2N8O5. The molecule has 5 atom stereocenters. The number of carbonyl (C=O) groups excluding carboxylic acids is 1. The van der Waals surface area contributed by atoms with Crippen molar-refractivity contribution in [1.29, 1.82) is 0 Å². The number of morpholine rings is 1. The van der Waals surface area contributed by atoms with Crippen molar-refractivity contribution >= 4 is 28.9 Å². The molecule has 5 aliphatic rings. The molecule has 1 saturated carbocycles. The maximum absolute atomic E-state index is 15.4. The van der Waals surface area contributed by atoms with Crippen molar-refractivity contribution in [3.63, 3.8) is 0 Å². The van der Waals surface area contributed by atoms with Crippen LogP contribution in [0.4, 0.5) is 31.8 Å². The summed E-state index contributed by atoms with van der Waals surface area (Å²) in [6, 6.07) is 6.90. The third-order valence-electron chi connectivity index (χ3n) is 13.0. The molecule has 13 nitrogen and oxygen atoms in total. The van der Waals surface area contributed by atoms with Crippen LogP contribution >= 0.6 is 0 Å². The zero-order chi connectivity index (χ0) is 41.5. The van der Waals surface area contributed by atoms with E-state index in [4.69, 9.17) is 35.6 Å². The number of hydrogen-bond acceptors (Lipinski definition) is 12. The second-order valence-electron chi connectivity index (χ2n) is 17.0. The van der Waals surface area contributed by atoms with Gasteiger partial charge in [0, 0.05) is 45.9 Å². The number of alkyl halides is 1. The zero-order valence-electron chi connectivity index (χ0n) is 34.1. The number of terminal acetylenes is 1. The first-order valence-electron chi connectivity index (χ1n) is 20.7. The van der Waals surface area contributed by atoms with E-state index < -0.39 is 29.2 Å². The molecular weight excluding hydrogens is 759 g/mol. The van der Waals surface area contributed by atoms with Crippen molar-refractivity contribution in [2.75, 3.05) is 79.7 Å². The lowest BCUT2D eigenvalue weighted by atomic mass is 9.93. The Bertz CT molecular complexity index is 2090. The van der Waals surface area contributed by atoms with E-state index in [1.807, 2.05) is 28.9 Å². The van der Waals surface area contributed by atoms with Crippen molar-refractivity contribution in [3.8, 4) is 24.1 Å². The Kier molecular flexibility index (Phi) is 11.3. The smallest absolute Gasteiger partial charge is 0.318 e. The monoisotopic (exact) mass is 812 g/mol. The van der Waals surface area contributed by atoms with Gasteiger partial charge in [0.2, 0.25) is 5.91 Å². The molecule has 0 unspecified atom stereocenters. The lowest BCUT2D eigenvalue weighted by Gasteiger charge is -2.42. The molecule has 8 rings (SSSR count). The second kappa shape index (κ2) is 16.5. The third kappa shape index (κ3) is 7.84. The van der Waals surface area contributed by atoms with E-state index >= 15 is 8.78 Å². The van der Waals surface area contributed by atoms with Crippen LogP contribution < -0.4 is 29.5 Å². The molecule has 15 heteroatoms. The number of aliphatic hydroxyl groups excluding tert-OH is 1. The molecule has 2 N–H and O–H groups in total. The normalized spacial score (nSPS) is 26.0. The molecule has 2 saturated heterocycles. The van der Waals surface area contributed by atoms with Gasteiger partial charge in [-0.25, -0.2) is 13.8 Å². The van der Waals surface area contributed by atoms with Gasteiger partial charge in [-0.05, 0) is 56.5 Å². The number of halogens is 2. The van der Waals surface area contributed by atoms with Gasteiger partial charge in [-0.15, -0.1) is 6.42 Å². The Morgan fingerprint density at radius 1 is 1.19 bits per heavy atom. The number of carbonyl (C=O) groups is 1. The Balaban J connectivity index is 1.09. The van der Waals surface area contributed by atoms with Crippen LogP contribution in [0.1, 0.15) is 62.8 Å². The predicted molar refractivity (Wildman–Crippen MR) is 222 cm³/mol. The van der Waals surface area contributed by atoms with E-state index in [1.54, 1.807) is 24.2 Å². The number of likely N-dealkylation sites (N-methyl/N-ethyl adjacent to an activating group) is 1. The molecule has 1 amide bonds. The topological polar surface area (TPSA) is 129 Å². The number of ether oxygens (including phenoxy) is 3. The molecule has 0 spiro atoms. The van der Waals surface area contributed by atoms with Crippen LogP contribution in [0.2, 0.25) is 0 Å². The highest BCUT2D eigenvalue weighted by Gasteiger charge is 2.45. The van der Waals surface area contributed by atoms with Crippen LogP contribution in [-0.2, 0) is 22.4 Å². The maximum atomic E-state index is 15.4. The maximum Gasteiger partial charge on any atom is 0.318 e. The van der Waals surface area contributed by atoms with Gasteiger partial charge >= 0.3 is 6.01 Å². The summed E-state index contributed by atoms with van der Waals surface area (Å²) in [5, 5.41) is 14.4. The molecule has 0 radical (unpaired) electrons. The average molecular weight is 813 g/mol. The minimum atomic E-state index is -1.09. The summed E-state index contributed by atoms with van der Waals surface area (Å²) in [4.78, 5) is 35.3. The van der Waals surface area contributed by atoms with E-state index in [1.165, 1.54) is 12.1 Å². The van der Waals surface area contributed by atoms with Crippen molar-refractivity contribution in [2.45, 2.75) is 94.2 Å². The van der Waals surface area contributed by atoms with Crippen LogP contribution in [0.5, 0.6) is 11.8 Å². The quantitative estimate of drug-likeness (QED) is 0.206. The summed E-state index contributed by atoms with van der Waals surface area (Å²) in [7, 11) is 1.80. The summed E-state index contributed by atoms with van der Waals surface area (Å²) in [6.45, 7) is 10.9. The molecule has 314 valence electrons. The standard InChI is InChI=1S/C44H54F2N8O5/c1-6-34-35(46)12-10-29-18-33(55)23-53(39(29)34)32-19-36-40(58-25-32)41(48-26-44(14-8-9-15-44)51(5)38(56)7-2)50-42(49-36)59-27-43(4)20-30(45)22-54(43)31-11-13-37(47-21-31)52-16-17-57-24-28(52)3/h1,7,10-13,21,28,30,32-33,55H,2,8-9,14-20,22-27H2,3-5H3,(H,48,49,50)/t28-,30-,32-,33+,43+/m1/s1. The molecule has 4 aliphatic heterocycles. The molecule has 1 aromatic carbocycles. The highest BCUT2D eigenvalue weighted by molar-refractivity contribution is 5.87. The molecule has 0 bridgehead atoms. The molecule has 3 fully saturated rings. The van der Waals surface area contributed by atoms with Crippen LogP contribution in [0.25, 0.3) is 0 Å². The van der Waals surface area contributed by atoms with Crippen LogP contribution in [0.3, 0.4) is 0 Å². The summed E-state index contributed by atoms with van der Waals surface area (Å²) in [5.41, 5.74) is 1.60. The fraction of sp³-hybridized carbons (Fsp3) is 0.545. The first-order valence-corrected chi connectivity index (χ1v) is 20.7. The lowest BCUT2D eigenvalue weighted by molar-refractivity contribution is -0.129. The fourth-order valence-corrected chi connectivity index (χ4v) is 9.72. The largest absolute Gasteiger partial charge is 0.486 e. The minimum absolute atomic E-state index is 0.0786. The Morgan fingerprint density at radius 3 is 2.73 bits per heavy atom. The number of nitrogens with zero attached hydrogens (tertiary/aromatic N) is 7. The number of β-amino-alcohol motifs (C(OH)–C–C–N with tert-alkyl or cyclic N) is 1. The van der Waals surface area contributed by atoms with Gasteiger partial charge in [0.1, 0.15) is 31.0 Å². The molecule has 6 heterocycles. The molecule has 3 aromatic rings. The third-order valence-corrected chi connectivity index (χ3v) is 13.0. The summed E-state index contributed by atoms with van der Waals surface area (Å²) < 4.78 is 49.0. The number of aliphatic hydroxyl groups is 1. The summed E-state index contributed by atoms with van der Waals surface area (Å²) >= 11 is 0. The van der Waals surface area contributed by atoms with E-state index in [2.05, 4.69) is 29.6 Å². The minimum Gasteiger partial charge on any atom is -0.486 e. The number of pyridine rings is 1. The number of amides is 1. The van der Waals surface area contributed by atoms with Gasteiger partial charge in [-0.3, -0.25) is 4.79 Å². The number of fused-ring (bicyclic) bond motifs is 2. The molecule has 59 heavy (non-hydrogen) atoms. The predicted octanol–water partition coefficient (Wildman–Crippen LogP) is 4.70. The van der Waals surface area contributed by atoms with E-state index in [-0.39, 0.29) is 62.3 Å². The van der Waals surface area contributed by atoms with Crippen molar-refractivity contribution in [3.05, 3.63) is 65.8 Å². The Labute approximate surface area is 344 Å². The van der Waals surface area contributed by atoms with Gasteiger partial charge in [-0.1, -0.05) is 31.4 Å². The lowest BCUT2D eigenvalue weighted by Crippen LogP contribution is -2.52. The first kappa shape index (κ1) is 40.6. The average Bonchev–Trinajstić information content (AvgIpc) is 3.85. The number of nitrogens with one attached hydrogen (secondary N) is 1. The second-order valence-corrected chi connectivity index (χ2v) is 17.0. The van der Waals surface area contributed by atoms with E-state index in [9.17, 15) is 9.90 Å². The molecule has 1 aliphatic carbocycles. The highest BCUT2D eigenvalue weighted by Crippen LogP contribution is 2.42. The van der Waals surface area contributed by atoms with Crippen LogP contribution in [0.15, 0.2) is 43.1 Å². The Hall–Kier alpha value is -5.20. The van der Waals surface area contributed by atoms with Crippen LogP contribution in [-0.4, -0.2) is 126 Å². The summed E-state index contributed by atoms with van der Waals surface area (Å²) in [6.07, 6.45) is 11.7. The van der Waals surface area contributed by atoms with Crippen molar-refractivity contribution in [2.24, 2.45) is 0 Å². The fourth-order valence-electron chi connectivity index (χ4n) is 9.72. The van der Waals surface area contributed by atoms with Crippen LogP contribution in [0, 0.1) is 18.2 Å². The van der Waals surface area contributed by atoms with Gasteiger partial charge in [0.25, 0.3) is 0 Å². The zero-order valence-corrected chi connectivity index (χ0v) is 34.1. The number of anilines is 4. The van der Waals surface area contributed by atoms with Gasteiger partial charge in [-0.2, -0.15) is 9.97 Å². The number of benzene rings is 1. The number of aromatic nitrogens is 3. The molecule has 2 aromatic heterocycles. The highest BCUT2D eigenvalue weighted by atomic mass is 19.1. The van der Waals surface area contributed by atoms with Gasteiger partial charge < -0.3 is 44.2 Å². The summed E-state index contributed by atoms with van der Waals surface area (Å²) in [5.74, 6) is 3.58. The van der Waals surface area contributed by atoms with Crippen molar-refractivity contribution in [1.82, 2.24) is 19.9 Å². The van der Waals surface area contributed by atoms with Crippen molar-refractivity contribution < 1.29 is 32.9 Å². The number of hydrogen-bond donors (Lipinski definition) is 2. The SMILES string of the molecule is C#Cc1c(F)ccc2c1N([C@H]1COc3c(nc(OC[C@]4(C)C[C@@H](F)CN4c4ccc(N5CCOC[C@H]5C)nc4)nc3NCC3(N(C)C(=O)C=C)CCCC3)C1)C[C@@H](O)C2.